The van der Waals surface area contributed by atoms with Crippen LogP contribution in [0.25, 0.3) is 0 Å². The molecule has 3 fully saturated rings. The van der Waals surface area contributed by atoms with Crippen LogP contribution in [0.3, 0.4) is 0 Å². The van der Waals surface area contributed by atoms with E-state index in [4.69, 9.17) is 19.9 Å². The van der Waals surface area contributed by atoms with Gasteiger partial charge in [-0.3, -0.25) is 0 Å². The smallest absolute Gasteiger partial charge is 0.171 e. The van der Waals surface area contributed by atoms with Crippen LogP contribution in [0.1, 0.15) is 20.3 Å². The molecule has 5 unspecified atom stereocenters. The summed E-state index contributed by atoms with van der Waals surface area (Å²) in [4.78, 5) is 0. The second-order valence-corrected chi connectivity index (χ2v) is 4.30. The standard InChI is InChI=1S/C10H19NO3/c1-4-6-9-8(11)7(5-12-3)13-10(6,2)14-9/h6-9H,4-5,11H2,1-3H3. The van der Waals surface area contributed by atoms with E-state index in [9.17, 15) is 0 Å². The van der Waals surface area contributed by atoms with Crippen molar-refractivity contribution in [3.05, 3.63) is 0 Å². The van der Waals surface area contributed by atoms with Crippen LogP contribution < -0.4 is 5.73 Å². The maximum Gasteiger partial charge on any atom is 0.171 e. The predicted molar refractivity (Wildman–Crippen MR) is 51.8 cm³/mol. The highest BCUT2D eigenvalue weighted by atomic mass is 16.7. The summed E-state index contributed by atoms with van der Waals surface area (Å²) < 4.78 is 16.5. The number of ether oxygens (including phenoxy) is 3. The molecule has 2 bridgehead atoms. The fraction of sp³-hybridized carbons (Fsp3) is 1.00. The third kappa shape index (κ3) is 1.29. The van der Waals surface area contributed by atoms with Crippen molar-refractivity contribution >= 4 is 0 Å². The number of nitrogens with two attached hydrogens (primary N) is 1. The predicted octanol–water partition coefficient (Wildman–Crippen LogP) is 0.500. The summed E-state index contributed by atoms with van der Waals surface area (Å²) in [5.74, 6) is 0.0176. The van der Waals surface area contributed by atoms with Gasteiger partial charge in [0.2, 0.25) is 0 Å². The van der Waals surface area contributed by atoms with Crippen molar-refractivity contribution in [2.45, 2.75) is 44.3 Å². The van der Waals surface area contributed by atoms with Gasteiger partial charge in [0.1, 0.15) is 6.10 Å². The summed E-state index contributed by atoms with van der Waals surface area (Å²) in [6.07, 6.45) is 1.18. The van der Waals surface area contributed by atoms with E-state index >= 15 is 0 Å². The molecule has 3 rings (SSSR count). The summed E-state index contributed by atoms with van der Waals surface area (Å²) in [6, 6.07) is -0.0540. The Bertz CT molecular complexity index is 221. The van der Waals surface area contributed by atoms with E-state index in [2.05, 4.69) is 6.92 Å². The van der Waals surface area contributed by atoms with Crippen molar-refractivity contribution in [3.8, 4) is 0 Å². The fourth-order valence-electron chi connectivity index (χ4n) is 2.63. The maximum absolute atomic E-state index is 6.04. The molecule has 4 heteroatoms. The van der Waals surface area contributed by atoms with Crippen molar-refractivity contribution in [2.24, 2.45) is 11.7 Å². The van der Waals surface area contributed by atoms with Crippen LogP contribution in [0.15, 0.2) is 0 Å². The molecule has 2 N–H and O–H groups in total. The van der Waals surface area contributed by atoms with Gasteiger partial charge in [0.05, 0.1) is 18.8 Å². The molecule has 3 heterocycles. The summed E-state index contributed by atoms with van der Waals surface area (Å²) >= 11 is 0. The van der Waals surface area contributed by atoms with Crippen LogP contribution >= 0.6 is 0 Å². The lowest BCUT2D eigenvalue weighted by atomic mass is 9.76. The number of methoxy groups -OCH3 is 1. The van der Waals surface area contributed by atoms with Gasteiger partial charge in [0, 0.05) is 13.0 Å². The number of rotatable bonds is 3. The van der Waals surface area contributed by atoms with Crippen LogP contribution in [-0.2, 0) is 14.2 Å². The average Bonchev–Trinajstić information content (AvgIpc) is 2.11. The highest BCUT2D eigenvalue weighted by Crippen LogP contribution is 2.48. The molecular weight excluding hydrogens is 182 g/mol. The first-order valence-electron chi connectivity index (χ1n) is 5.22. The second-order valence-electron chi connectivity index (χ2n) is 4.30. The first-order chi connectivity index (χ1) is 6.62. The molecule has 0 aliphatic carbocycles. The van der Waals surface area contributed by atoms with Crippen LogP contribution in [0.4, 0.5) is 0 Å². The Balaban J connectivity index is 2.05. The largest absolute Gasteiger partial charge is 0.382 e. The third-order valence-electron chi connectivity index (χ3n) is 3.40. The molecule has 14 heavy (non-hydrogen) atoms. The monoisotopic (exact) mass is 201 g/mol. The normalized spacial score (nSPS) is 51.4. The Hall–Kier alpha value is -0.160. The van der Waals surface area contributed by atoms with E-state index in [-0.39, 0.29) is 18.2 Å². The average molecular weight is 201 g/mol. The number of hydrogen-bond acceptors (Lipinski definition) is 4. The number of hydrogen-bond donors (Lipinski definition) is 1. The molecule has 0 radical (unpaired) electrons. The first-order valence-corrected chi connectivity index (χ1v) is 5.22. The van der Waals surface area contributed by atoms with Crippen LogP contribution in [0.5, 0.6) is 0 Å². The molecule has 3 saturated heterocycles. The molecule has 3 aliphatic heterocycles. The Kier molecular flexibility index (Phi) is 2.55. The summed E-state index contributed by atoms with van der Waals surface area (Å²) in [5.41, 5.74) is 6.04. The van der Waals surface area contributed by atoms with Crippen molar-refractivity contribution in [1.82, 2.24) is 0 Å². The Morgan fingerprint density at radius 2 is 2.14 bits per heavy atom. The van der Waals surface area contributed by atoms with Crippen molar-refractivity contribution < 1.29 is 14.2 Å². The summed E-state index contributed by atoms with van der Waals surface area (Å²) in [6.45, 7) is 4.68. The molecule has 82 valence electrons. The van der Waals surface area contributed by atoms with E-state index in [1.165, 1.54) is 0 Å². The second kappa shape index (κ2) is 3.45. The molecule has 0 aromatic carbocycles. The Labute approximate surface area is 84.7 Å². The summed E-state index contributed by atoms with van der Waals surface area (Å²) in [5, 5.41) is 0. The van der Waals surface area contributed by atoms with Gasteiger partial charge in [0.25, 0.3) is 0 Å². The zero-order valence-electron chi connectivity index (χ0n) is 9.03. The minimum atomic E-state index is -0.418. The zero-order valence-corrected chi connectivity index (χ0v) is 9.03. The van der Waals surface area contributed by atoms with E-state index in [1.807, 2.05) is 6.92 Å². The van der Waals surface area contributed by atoms with Crippen LogP contribution in [-0.4, -0.2) is 37.8 Å². The van der Waals surface area contributed by atoms with Gasteiger partial charge in [0.15, 0.2) is 5.79 Å². The highest BCUT2D eigenvalue weighted by Gasteiger charge is 2.61. The van der Waals surface area contributed by atoms with Gasteiger partial charge in [-0.05, 0) is 13.3 Å². The topological polar surface area (TPSA) is 53.7 Å². The van der Waals surface area contributed by atoms with Crippen molar-refractivity contribution in [2.75, 3.05) is 13.7 Å². The zero-order chi connectivity index (χ0) is 10.3. The lowest BCUT2D eigenvalue weighted by molar-refractivity contribution is -0.433. The molecule has 5 atom stereocenters. The lowest BCUT2D eigenvalue weighted by Crippen LogP contribution is -2.75. The van der Waals surface area contributed by atoms with Gasteiger partial charge in [-0.2, -0.15) is 0 Å². The van der Waals surface area contributed by atoms with Crippen molar-refractivity contribution in [3.63, 3.8) is 0 Å². The highest BCUT2D eigenvalue weighted by molar-refractivity contribution is 5.04. The van der Waals surface area contributed by atoms with Gasteiger partial charge < -0.3 is 19.9 Å². The minimum Gasteiger partial charge on any atom is -0.382 e. The van der Waals surface area contributed by atoms with Crippen LogP contribution in [0, 0.1) is 5.92 Å². The number of fused-ring (bicyclic) bond motifs is 2. The molecule has 0 amide bonds. The molecule has 0 aromatic rings. The third-order valence-corrected chi connectivity index (χ3v) is 3.40. The lowest BCUT2D eigenvalue weighted by Gasteiger charge is -2.61. The van der Waals surface area contributed by atoms with Gasteiger partial charge in [-0.1, -0.05) is 6.92 Å². The van der Waals surface area contributed by atoms with Gasteiger partial charge >= 0.3 is 0 Å². The Morgan fingerprint density at radius 3 is 2.71 bits per heavy atom. The van der Waals surface area contributed by atoms with E-state index in [0.717, 1.165) is 6.42 Å². The molecule has 0 spiro atoms. The van der Waals surface area contributed by atoms with Crippen LogP contribution in [0.2, 0.25) is 0 Å². The SMILES string of the molecule is CCC1C2OC1(C)OC(COC)C2N. The van der Waals surface area contributed by atoms with Gasteiger partial charge in [-0.25, -0.2) is 0 Å². The van der Waals surface area contributed by atoms with E-state index in [0.29, 0.717) is 12.5 Å². The minimum absolute atomic E-state index is 0.0217. The molecule has 0 aromatic heterocycles. The summed E-state index contributed by atoms with van der Waals surface area (Å²) in [7, 11) is 1.66. The quantitative estimate of drug-likeness (QED) is 0.722. The Morgan fingerprint density at radius 1 is 1.43 bits per heavy atom. The van der Waals surface area contributed by atoms with E-state index < -0.39 is 5.79 Å². The maximum atomic E-state index is 6.04. The van der Waals surface area contributed by atoms with E-state index in [1.54, 1.807) is 7.11 Å². The van der Waals surface area contributed by atoms with Gasteiger partial charge in [-0.15, -0.1) is 0 Å². The molecule has 0 saturated carbocycles. The molecule has 4 nitrogen and oxygen atoms in total. The first kappa shape index (κ1) is 10.4. The van der Waals surface area contributed by atoms with Crippen molar-refractivity contribution in [1.29, 1.82) is 0 Å². The molecular formula is C10H19NO3. The molecule has 3 aliphatic rings. The fourth-order valence-corrected chi connectivity index (χ4v) is 2.63.